The molecule has 3 aliphatic rings. The van der Waals surface area contributed by atoms with E-state index in [2.05, 4.69) is 10.5 Å². The van der Waals surface area contributed by atoms with E-state index in [4.69, 9.17) is 19.9 Å². The van der Waals surface area contributed by atoms with Crippen LogP contribution in [0.15, 0.2) is 23.3 Å². The summed E-state index contributed by atoms with van der Waals surface area (Å²) in [5.74, 6) is -2.52. The normalized spacial score (nSPS) is 29.3. The van der Waals surface area contributed by atoms with Crippen molar-refractivity contribution in [2.75, 3.05) is 7.11 Å². The average Bonchev–Trinajstić information content (AvgIpc) is 2.94. The molecule has 218 valence electrons. The number of aromatic hydroxyl groups is 2. The van der Waals surface area contributed by atoms with Gasteiger partial charge in [-0.15, -0.1) is 0 Å². The molecular weight excluding hydrogens is 538 g/mol. The fourth-order valence-electron chi connectivity index (χ4n) is 5.89. The van der Waals surface area contributed by atoms with Crippen LogP contribution >= 0.6 is 0 Å². The van der Waals surface area contributed by atoms with Crippen LogP contribution in [0, 0.1) is 0 Å². The molecule has 0 spiro atoms. The largest absolute Gasteiger partial charge is 0.507 e. The van der Waals surface area contributed by atoms with Gasteiger partial charge in [-0.25, -0.2) is 5.43 Å². The molecule has 13 heteroatoms. The standard InChI is InChI=1S/C28H31N3O10/c1-11-23(33)15(29)7-18(40-11)41-17-9-28(38,12(2)31-30-10-32)8-14-20(17)27(37)22-21(25(14)35)24(34)13-5-4-6-16(39-3)19(13)26(22)36/h4-6,10-11,15,17-18,23,33,35,37-38H,7-9,29H2,1-3H3,(H,30,32)/b31-12-/t11-,15+,17+,18-,23-,28-/m0/s1. The minimum Gasteiger partial charge on any atom is -0.507 e. The minimum atomic E-state index is -1.82. The van der Waals surface area contributed by atoms with Gasteiger partial charge in [-0.05, 0) is 19.9 Å². The van der Waals surface area contributed by atoms with E-state index in [1.54, 1.807) is 6.92 Å². The summed E-state index contributed by atoms with van der Waals surface area (Å²) < 4.78 is 17.3. The lowest BCUT2D eigenvalue weighted by atomic mass is 9.72. The molecule has 1 saturated heterocycles. The number of hydrazone groups is 1. The number of methoxy groups -OCH3 is 1. The minimum absolute atomic E-state index is 0.0135. The van der Waals surface area contributed by atoms with E-state index in [-0.39, 0.29) is 53.0 Å². The number of phenols is 2. The molecule has 0 saturated carbocycles. The SMILES string of the molecule is COc1cccc2c1C(=O)c1c(O)c3c(c(O)c1C2=O)C[C@@](O)(/C(C)=N\NC=O)C[C@H]3O[C@H]1C[C@@H](N)[C@@H](O)[C@H](C)O1. The molecule has 5 rings (SSSR count). The van der Waals surface area contributed by atoms with Gasteiger partial charge in [0.25, 0.3) is 0 Å². The van der Waals surface area contributed by atoms with Crippen LogP contribution in [-0.4, -0.2) is 81.4 Å². The Hall–Kier alpha value is -3.88. The number of rotatable bonds is 6. The first-order chi connectivity index (χ1) is 19.4. The molecule has 0 bridgehead atoms. The highest BCUT2D eigenvalue weighted by molar-refractivity contribution is 6.31. The van der Waals surface area contributed by atoms with Crippen molar-refractivity contribution in [3.05, 3.63) is 51.6 Å². The molecule has 13 nitrogen and oxygen atoms in total. The number of ketones is 2. The third-order valence-electron chi connectivity index (χ3n) is 8.10. The van der Waals surface area contributed by atoms with E-state index >= 15 is 0 Å². The lowest BCUT2D eigenvalue weighted by molar-refractivity contribution is -0.245. The summed E-state index contributed by atoms with van der Waals surface area (Å²) in [4.78, 5) is 38.2. The zero-order chi connectivity index (χ0) is 29.8. The molecule has 7 N–H and O–H groups in total. The molecule has 1 heterocycles. The Bertz CT molecular complexity index is 1460. The van der Waals surface area contributed by atoms with Crippen molar-refractivity contribution < 1.29 is 49.0 Å². The number of nitrogens with zero attached hydrogens (tertiary/aromatic N) is 1. The highest BCUT2D eigenvalue weighted by Crippen LogP contribution is 2.52. The maximum Gasteiger partial charge on any atom is 0.227 e. The Morgan fingerprint density at radius 3 is 2.56 bits per heavy atom. The quantitative estimate of drug-likeness (QED) is 0.105. The zero-order valence-electron chi connectivity index (χ0n) is 22.6. The highest BCUT2D eigenvalue weighted by atomic mass is 16.7. The van der Waals surface area contributed by atoms with Gasteiger partial charge in [-0.3, -0.25) is 14.4 Å². The number of nitrogens with two attached hydrogens (primary N) is 1. The molecule has 0 aromatic heterocycles. The number of carbonyl (C=O) groups excluding carboxylic acids is 3. The molecule has 0 radical (unpaired) electrons. The summed E-state index contributed by atoms with van der Waals surface area (Å²) in [5, 5.41) is 48.9. The van der Waals surface area contributed by atoms with Gasteiger partial charge in [0.05, 0.1) is 47.8 Å². The van der Waals surface area contributed by atoms with Gasteiger partial charge in [0, 0.05) is 42.0 Å². The Labute approximate surface area is 234 Å². The zero-order valence-corrected chi connectivity index (χ0v) is 22.6. The number of hydrogen-bond acceptors (Lipinski definition) is 12. The fourth-order valence-corrected chi connectivity index (χ4v) is 5.89. The van der Waals surface area contributed by atoms with Crippen molar-refractivity contribution in [2.45, 2.75) is 69.4 Å². The van der Waals surface area contributed by atoms with Crippen LogP contribution in [0.2, 0.25) is 0 Å². The van der Waals surface area contributed by atoms with Crippen LogP contribution < -0.4 is 15.9 Å². The van der Waals surface area contributed by atoms with Crippen molar-refractivity contribution in [1.82, 2.24) is 5.43 Å². The van der Waals surface area contributed by atoms with Crippen molar-refractivity contribution in [3.8, 4) is 17.2 Å². The number of hydrogen-bond donors (Lipinski definition) is 6. The Balaban J connectivity index is 1.69. The average molecular weight is 570 g/mol. The predicted molar refractivity (Wildman–Crippen MR) is 142 cm³/mol. The molecule has 1 fully saturated rings. The highest BCUT2D eigenvalue weighted by Gasteiger charge is 2.49. The molecule has 1 aliphatic heterocycles. The molecule has 2 aromatic rings. The van der Waals surface area contributed by atoms with Crippen molar-refractivity contribution >= 4 is 23.7 Å². The van der Waals surface area contributed by atoms with Crippen LogP contribution in [0.25, 0.3) is 0 Å². The molecule has 41 heavy (non-hydrogen) atoms. The summed E-state index contributed by atoms with van der Waals surface area (Å²) in [6.45, 7) is 3.07. The van der Waals surface area contributed by atoms with Crippen molar-refractivity contribution in [1.29, 1.82) is 0 Å². The number of phenolic OH excluding ortho intramolecular Hbond substituents is 2. The number of aliphatic hydroxyl groups is 2. The third kappa shape index (κ3) is 4.55. The molecular formula is C28H31N3O10. The summed E-state index contributed by atoms with van der Waals surface area (Å²) in [5.41, 5.74) is 5.48. The van der Waals surface area contributed by atoms with E-state index in [9.17, 15) is 34.8 Å². The van der Waals surface area contributed by atoms with Crippen LogP contribution in [0.5, 0.6) is 17.2 Å². The van der Waals surface area contributed by atoms with Gasteiger partial charge in [0.15, 0.2) is 12.1 Å². The molecule has 0 unspecified atom stereocenters. The van der Waals surface area contributed by atoms with E-state index in [0.29, 0.717) is 6.41 Å². The number of nitrogens with one attached hydrogen (secondary N) is 1. The Kier molecular flexibility index (Phi) is 7.34. The molecule has 2 aromatic carbocycles. The van der Waals surface area contributed by atoms with Gasteiger partial charge in [-0.1, -0.05) is 12.1 Å². The summed E-state index contributed by atoms with van der Waals surface area (Å²) >= 11 is 0. The monoisotopic (exact) mass is 569 g/mol. The van der Waals surface area contributed by atoms with Crippen LogP contribution in [0.1, 0.15) is 75.8 Å². The third-order valence-corrected chi connectivity index (χ3v) is 8.10. The number of aliphatic hydroxyl groups excluding tert-OH is 1. The maximum absolute atomic E-state index is 13.7. The first-order valence-electron chi connectivity index (χ1n) is 13.0. The number of amides is 1. The number of ether oxygens (including phenoxy) is 3. The summed E-state index contributed by atoms with van der Waals surface area (Å²) in [6.07, 6.45) is -4.04. The first-order valence-corrected chi connectivity index (χ1v) is 13.0. The van der Waals surface area contributed by atoms with Gasteiger partial charge in [0.2, 0.25) is 12.2 Å². The summed E-state index contributed by atoms with van der Waals surface area (Å²) in [7, 11) is 1.34. The fraction of sp³-hybridized carbons (Fsp3) is 0.429. The predicted octanol–water partition coefficient (Wildman–Crippen LogP) is 0.562. The van der Waals surface area contributed by atoms with E-state index < -0.39 is 70.4 Å². The second-order valence-corrected chi connectivity index (χ2v) is 10.5. The Morgan fingerprint density at radius 2 is 1.90 bits per heavy atom. The van der Waals surface area contributed by atoms with Crippen LogP contribution in [0.3, 0.4) is 0 Å². The Morgan fingerprint density at radius 1 is 1.20 bits per heavy atom. The number of fused-ring (bicyclic) bond motifs is 3. The molecule has 6 atom stereocenters. The summed E-state index contributed by atoms with van der Waals surface area (Å²) in [6, 6.07) is 3.75. The van der Waals surface area contributed by atoms with E-state index in [1.807, 2.05) is 0 Å². The van der Waals surface area contributed by atoms with Gasteiger partial charge >= 0.3 is 0 Å². The second kappa shape index (κ2) is 10.5. The number of carbonyl (C=O) groups is 3. The smallest absolute Gasteiger partial charge is 0.227 e. The van der Waals surface area contributed by atoms with Crippen molar-refractivity contribution in [2.24, 2.45) is 10.8 Å². The van der Waals surface area contributed by atoms with Gasteiger partial charge in [0.1, 0.15) is 22.8 Å². The van der Waals surface area contributed by atoms with Crippen molar-refractivity contribution in [3.63, 3.8) is 0 Å². The van der Waals surface area contributed by atoms with Crippen LogP contribution in [0.4, 0.5) is 0 Å². The lowest BCUT2D eigenvalue weighted by Crippen LogP contribution is -2.52. The first kappa shape index (κ1) is 28.6. The van der Waals surface area contributed by atoms with E-state index in [1.165, 1.54) is 32.2 Å². The van der Waals surface area contributed by atoms with Gasteiger partial charge in [-0.2, -0.15) is 5.10 Å². The number of benzene rings is 2. The maximum atomic E-state index is 13.7. The lowest BCUT2D eigenvalue weighted by Gasteiger charge is -2.42. The molecule has 2 aliphatic carbocycles. The van der Waals surface area contributed by atoms with Gasteiger partial charge < -0.3 is 40.4 Å². The molecule has 1 amide bonds. The topological polar surface area (TPSA) is 210 Å². The second-order valence-electron chi connectivity index (χ2n) is 10.5. The van der Waals surface area contributed by atoms with Crippen LogP contribution in [-0.2, 0) is 20.7 Å². The van der Waals surface area contributed by atoms with E-state index in [0.717, 1.165) is 0 Å².